The Morgan fingerprint density at radius 3 is 2.33 bits per heavy atom. The predicted molar refractivity (Wildman–Crippen MR) is 97.9 cm³/mol. The van der Waals surface area contributed by atoms with Gasteiger partial charge in [-0.3, -0.25) is 0 Å². The summed E-state index contributed by atoms with van der Waals surface area (Å²) in [6.45, 7) is 14.4. The first-order chi connectivity index (χ1) is 11.2. The second-order valence-electron chi connectivity index (χ2n) is 7.44. The van der Waals surface area contributed by atoms with Crippen molar-refractivity contribution in [2.45, 2.75) is 51.7 Å². The highest BCUT2D eigenvalue weighted by atomic mass is 16.7. The number of ether oxygens (including phenoxy) is 1. The summed E-state index contributed by atoms with van der Waals surface area (Å²) in [5, 5.41) is 0. The van der Waals surface area contributed by atoms with Crippen molar-refractivity contribution in [3.8, 4) is 5.75 Å². The Balaban J connectivity index is 2.03. The van der Waals surface area contributed by atoms with Crippen LogP contribution < -0.4 is 4.74 Å². The molecule has 24 heavy (non-hydrogen) atoms. The molecule has 3 rings (SSSR count). The van der Waals surface area contributed by atoms with Crippen molar-refractivity contribution < 1.29 is 14.0 Å². The van der Waals surface area contributed by atoms with Crippen molar-refractivity contribution in [1.29, 1.82) is 0 Å². The maximum absolute atomic E-state index is 6.27. The van der Waals surface area contributed by atoms with Crippen LogP contribution in [0.5, 0.6) is 5.75 Å². The largest absolute Gasteiger partial charge is 0.491 e. The Kier molecular flexibility index (Phi) is 4.22. The van der Waals surface area contributed by atoms with Crippen LogP contribution in [0, 0.1) is 0 Å². The summed E-state index contributed by atoms with van der Waals surface area (Å²) in [6.07, 6.45) is 5.87. The molecule has 2 aliphatic rings. The highest BCUT2D eigenvalue weighted by molar-refractivity contribution is 6.55. The first kappa shape index (κ1) is 17.1. The van der Waals surface area contributed by atoms with E-state index in [0.717, 1.165) is 16.8 Å². The van der Waals surface area contributed by atoms with Crippen LogP contribution in [-0.4, -0.2) is 18.3 Å². The van der Waals surface area contributed by atoms with E-state index in [1.165, 1.54) is 0 Å². The Morgan fingerprint density at radius 2 is 1.67 bits per heavy atom. The second kappa shape index (κ2) is 5.94. The molecule has 2 aliphatic heterocycles. The fraction of sp³-hybridized carbons (Fsp3) is 0.400. The standard InChI is InChI=1S/C20H25BO3/c1-14-10-9-12-17(21-23-19(3,4)20(5,6)24-21)15(2)16-11-7-8-13-18(16)22-14/h7-13,15H,1H2,2-6H3/b10-9-,17-12+. The Morgan fingerprint density at radius 1 is 1.04 bits per heavy atom. The molecule has 0 aromatic heterocycles. The molecule has 1 unspecified atom stereocenters. The number of rotatable bonds is 1. The molecule has 1 aromatic carbocycles. The molecule has 126 valence electrons. The number of hydrogen-bond donors (Lipinski definition) is 0. The lowest BCUT2D eigenvalue weighted by Crippen LogP contribution is -2.41. The minimum absolute atomic E-state index is 0.103. The molecule has 1 fully saturated rings. The van der Waals surface area contributed by atoms with Gasteiger partial charge in [0.05, 0.1) is 11.2 Å². The van der Waals surface area contributed by atoms with Gasteiger partial charge < -0.3 is 14.0 Å². The van der Waals surface area contributed by atoms with Crippen LogP contribution >= 0.6 is 0 Å². The maximum atomic E-state index is 6.27. The lowest BCUT2D eigenvalue weighted by Gasteiger charge is -2.32. The van der Waals surface area contributed by atoms with Gasteiger partial charge in [0.1, 0.15) is 11.5 Å². The number of allylic oxidation sites excluding steroid dienone is 4. The van der Waals surface area contributed by atoms with Gasteiger partial charge >= 0.3 is 7.12 Å². The van der Waals surface area contributed by atoms with Gasteiger partial charge in [0, 0.05) is 11.5 Å². The zero-order chi connectivity index (χ0) is 17.5. The van der Waals surface area contributed by atoms with Crippen molar-refractivity contribution in [2.75, 3.05) is 0 Å². The normalized spacial score (nSPS) is 28.7. The average molecular weight is 324 g/mol. The predicted octanol–water partition coefficient (Wildman–Crippen LogP) is 4.81. The Labute approximate surface area is 145 Å². The zero-order valence-electron chi connectivity index (χ0n) is 15.1. The van der Waals surface area contributed by atoms with Crippen LogP contribution in [0.15, 0.2) is 60.3 Å². The van der Waals surface area contributed by atoms with Crippen LogP contribution in [0.4, 0.5) is 0 Å². The quantitative estimate of drug-likeness (QED) is 0.694. The molecular formula is C20H25BO3. The molecule has 0 N–H and O–H groups in total. The van der Waals surface area contributed by atoms with E-state index >= 15 is 0 Å². The minimum Gasteiger partial charge on any atom is -0.458 e. The van der Waals surface area contributed by atoms with E-state index in [9.17, 15) is 0 Å². The van der Waals surface area contributed by atoms with Gasteiger partial charge in [-0.25, -0.2) is 0 Å². The van der Waals surface area contributed by atoms with Crippen molar-refractivity contribution in [2.24, 2.45) is 0 Å². The van der Waals surface area contributed by atoms with E-state index in [1.807, 2.05) is 30.4 Å². The summed E-state index contributed by atoms with van der Waals surface area (Å²) in [5.41, 5.74) is 1.46. The summed E-state index contributed by atoms with van der Waals surface area (Å²) in [6, 6.07) is 8.04. The van der Waals surface area contributed by atoms with E-state index in [-0.39, 0.29) is 24.2 Å². The lowest BCUT2D eigenvalue weighted by atomic mass is 9.69. The highest BCUT2D eigenvalue weighted by Gasteiger charge is 2.53. The van der Waals surface area contributed by atoms with E-state index in [0.29, 0.717) is 5.76 Å². The molecule has 0 aliphatic carbocycles. The smallest absolute Gasteiger partial charge is 0.458 e. The third-order valence-electron chi connectivity index (χ3n) is 5.22. The molecule has 2 heterocycles. The molecule has 1 aromatic rings. The van der Waals surface area contributed by atoms with E-state index in [4.69, 9.17) is 14.0 Å². The van der Waals surface area contributed by atoms with Crippen LogP contribution in [0.25, 0.3) is 0 Å². The summed E-state index contributed by atoms with van der Waals surface area (Å²) in [5.74, 6) is 1.54. The van der Waals surface area contributed by atoms with E-state index < -0.39 is 0 Å². The molecule has 1 atom stereocenters. The molecule has 1 saturated heterocycles. The van der Waals surface area contributed by atoms with Gasteiger partial charge in [-0.05, 0) is 45.3 Å². The van der Waals surface area contributed by atoms with Gasteiger partial charge in [-0.1, -0.05) is 43.9 Å². The fourth-order valence-corrected chi connectivity index (χ4v) is 2.96. The summed E-state index contributed by atoms with van der Waals surface area (Å²) < 4.78 is 18.4. The molecular weight excluding hydrogens is 299 g/mol. The zero-order valence-corrected chi connectivity index (χ0v) is 15.1. The van der Waals surface area contributed by atoms with Crippen LogP contribution in [-0.2, 0) is 9.31 Å². The molecule has 0 radical (unpaired) electrons. The summed E-state index contributed by atoms with van der Waals surface area (Å²) in [7, 11) is -0.380. The van der Waals surface area contributed by atoms with Gasteiger partial charge in [-0.2, -0.15) is 0 Å². The van der Waals surface area contributed by atoms with E-state index in [1.54, 1.807) is 0 Å². The third kappa shape index (κ3) is 2.96. The van der Waals surface area contributed by atoms with Gasteiger partial charge in [-0.15, -0.1) is 0 Å². The number of para-hydroxylation sites is 1. The average Bonchev–Trinajstić information content (AvgIpc) is 2.74. The van der Waals surface area contributed by atoms with Crippen LogP contribution in [0.3, 0.4) is 0 Å². The lowest BCUT2D eigenvalue weighted by molar-refractivity contribution is 0.00578. The monoisotopic (exact) mass is 324 g/mol. The minimum atomic E-state index is -0.380. The summed E-state index contributed by atoms with van der Waals surface area (Å²) >= 11 is 0. The van der Waals surface area contributed by atoms with Crippen molar-refractivity contribution in [3.05, 3.63) is 65.9 Å². The first-order valence-electron chi connectivity index (χ1n) is 8.41. The molecule has 3 nitrogen and oxygen atoms in total. The number of hydrogen-bond acceptors (Lipinski definition) is 3. The number of fused-ring (bicyclic) bond motifs is 1. The fourth-order valence-electron chi connectivity index (χ4n) is 2.96. The van der Waals surface area contributed by atoms with Crippen LogP contribution in [0.1, 0.15) is 46.1 Å². The van der Waals surface area contributed by atoms with Crippen molar-refractivity contribution in [1.82, 2.24) is 0 Å². The molecule has 0 saturated carbocycles. The first-order valence-corrected chi connectivity index (χ1v) is 8.41. The van der Waals surface area contributed by atoms with Crippen LogP contribution in [0.2, 0.25) is 0 Å². The van der Waals surface area contributed by atoms with Crippen molar-refractivity contribution in [3.63, 3.8) is 0 Å². The third-order valence-corrected chi connectivity index (χ3v) is 5.22. The molecule has 0 spiro atoms. The second-order valence-corrected chi connectivity index (χ2v) is 7.44. The van der Waals surface area contributed by atoms with E-state index in [2.05, 4.69) is 53.3 Å². The highest BCUT2D eigenvalue weighted by Crippen LogP contribution is 2.43. The molecule has 0 amide bonds. The van der Waals surface area contributed by atoms with Gasteiger partial charge in [0.25, 0.3) is 0 Å². The Hall–Kier alpha value is -1.78. The maximum Gasteiger partial charge on any atom is 0.491 e. The topological polar surface area (TPSA) is 27.7 Å². The number of benzene rings is 1. The Bertz CT molecular complexity index is 699. The molecule has 0 bridgehead atoms. The molecule has 4 heteroatoms. The van der Waals surface area contributed by atoms with Gasteiger partial charge in [0.2, 0.25) is 0 Å². The SMILES string of the molecule is C=C1/C=C\C=C(\B2OC(C)(C)C(C)(C)O2)C(C)c2ccccc2O1. The summed E-state index contributed by atoms with van der Waals surface area (Å²) in [4.78, 5) is 0. The van der Waals surface area contributed by atoms with Gasteiger partial charge in [0.15, 0.2) is 0 Å². The van der Waals surface area contributed by atoms with Crippen molar-refractivity contribution >= 4 is 7.12 Å².